The van der Waals surface area contributed by atoms with Gasteiger partial charge in [0.1, 0.15) is 5.82 Å². The second-order valence-corrected chi connectivity index (χ2v) is 6.98. The molecule has 1 saturated heterocycles. The maximum atomic E-state index is 12.9. The van der Waals surface area contributed by atoms with Crippen molar-refractivity contribution in [1.29, 1.82) is 0 Å². The van der Waals surface area contributed by atoms with Crippen molar-refractivity contribution in [2.45, 2.75) is 25.3 Å². The first kappa shape index (κ1) is 14.8. The minimum Gasteiger partial charge on any atom is -0.349 e. The number of piperidine rings is 1. The lowest BCUT2D eigenvalue weighted by Gasteiger charge is -2.29. The van der Waals surface area contributed by atoms with Gasteiger partial charge in [-0.05, 0) is 48.8 Å². The summed E-state index contributed by atoms with van der Waals surface area (Å²) in [5.74, 6) is -0.436. The predicted molar refractivity (Wildman–Crippen MR) is 80.9 cm³/mol. The Kier molecular flexibility index (Phi) is 3.74. The maximum absolute atomic E-state index is 12.9. The van der Waals surface area contributed by atoms with E-state index < -0.39 is 15.8 Å². The molecule has 5 nitrogen and oxygen atoms in total. The van der Waals surface area contributed by atoms with Crippen molar-refractivity contribution in [2.24, 2.45) is 0 Å². The number of amides is 1. The molecule has 0 saturated carbocycles. The van der Waals surface area contributed by atoms with Crippen LogP contribution in [0.25, 0.3) is 0 Å². The number of fused-ring (bicyclic) bond motifs is 1. The van der Waals surface area contributed by atoms with Crippen LogP contribution >= 0.6 is 0 Å². The highest BCUT2D eigenvalue weighted by Crippen LogP contribution is 2.28. The minimum atomic E-state index is -3.71. The SMILES string of the molecule is O=C1CCC2=CC(S(=O)(=O)Nc3ccc(F)cc3)=CCC2N1. The van der Waals surface area contributed by atoms with E-state index in [0.717, 1.165) is 5.57 Å². The summed E-state index contributed by atoms with van der Waals surface area (Å²) in [6.45, 7) is 0. The van der Waals surface area contributed by atoms with Gasteiger partial charge in [-0.15, -0.1) is 0 Å². The first-order valence-electron chi connectivity index (χ1n) is 6.92. The molecule has 1 unspecified atom stereocenters. The van der Waals surface area contributed by atoms with Gasteiger partial charge in [-0.25, -0.2) is 12.8 Å². The molecule has 1 aliphatic carbocycles. The summed E-state index contributed by atoms with van der Waals surface area (Å²) in [4.78, 5) is 11.5. The number of anilines is 1. The molecule has 1 aromatic carbocycles. The van der Waals surface area contributed by atoms with E-state index in [4.69, 9.17) is 0 Å². The zero-order valence-electron chi connectivity index (χ0n) is 11.7. The van der Waals surface area contributed by atoms with Crippen molar-refractivity contribution in [1.82, 2.24) is 5.32 Å². The number of hydrogen-bond donors (Lipinski definition) is 2. The van der Waals surface area contributed by atoms with Crippen molar-refractivity contribution < 1.29 is 17.6 Å². The van der Waals surface area contributed by atoms with Gasteiger partial charge >= 0.3 is 0 Å². The van der Waals surface area contributed by atoms with Crippen LogP contribution in [0.5, 0.6) is 0 Å². The summed E-state index contributed by atoms with van der Waals surface area (Å²) < 4.78 is 40.0. The molecule has 1 atom stereocenters. The number of carbonyl (C=O) groups is 1. The van der Waals surface area contributed by atoms with Crippen molar-refractivity contribution >= 4 is 21.6 Å². The Morgan fingerprint density at radius 3 is 2.64 bits per heavy atom. The molecule has 1 aliphatic heterocycles. The van der Waals surface area contributed by atoms with Gasteiger partial charge in [0.15, 0.2) is 0 Å². The number of rotatable bonds is 3. The average Bonchev–Trinajstić information content (AvgIpc) is 2.49. The smallest absolute Gasteiger partial charge is 0.261 e. The molecular formula is C15H15FN2O3S. The number of allylic oxidation sites excluding steroid dienone is 1. The third-order valence-corrected chi connectivity index (χ3v) is 5.12. The van der Waals surface area contributed by atoms with E-state index in [1.54, 1.807) is 12.2 Å². The molecule has 0 radical (unpaired) electrons. The summed E-state index contributed by atoms with van der Waals surface area (Å²) >= 11 is 0. The number of benzene rings is 1. The monoisotopic (exact) mass is 322 g/mol. The fraction of sp³-hybridized carbons (Fsp3) is 0.267. The van der Waals surface area contributed by atoms with Crippen LogP contribution in [0.3, 0.4) is 0 Å². The normalized spacial score (nSPS) is 21.3. The topological polar surface area (TPSA) is 75.3 Å². The van der Waals surface area contributed by atoms with Gasteiger partial charge in [-0.3, -0.25) is 9.52 Å². The molecule has 0 spiro atoms. The Hall–Kier alpha value is -2.15. The molecule has 7 heteroatoms. The maximum Gasteiger partial charge on any atom is 0.261 e. The fourth-order valence-electron chi connectivity index (χ4n) is 2.57. The second-order valence-electron chi connectivity index (χ2n) is 5.29. The quantitative estimate of drug-likeness (QED) is 0.894. The van der Waals surface area contributed by atoms with Crippen LogP contribution < -0.4 is 10.0 Å². The summed E-state index contributed by atoms with van der Waals surface area (Å²) in [5, 5.41) is 2.84. The average molecular weight is 322 g/mol. The number of nitrogens with one attached hydrogen (secondary N) is 2. The number of sulfonamides is 1. The standard InChI is InChI=1S/C15H15FN2O3S/c16-11-2-4-12(5-3-11)18-22(20,21)13-6-7-14-10(9-13)1-8-15(19)17-14/h2-6,9,14,18H,1,7-8H2,(H,17,19). The zero-order chi connectivity index (χ0) is 15.7. The first-order valence-corrected chi connectivity index (χ1v) is 8.41. The summed E-state index contributed by atoms with van der Waals surface area (Å²) in [7, 11) is -3.71. The summed E-state index contributed by atoms with van der Waals surface area (Å²) in [6.07, 6.45) is 4.60. The highest BCUT2D eigenvalue weighted by Gasteiger charge is 2.28. The Morgan fingerprint density at radius 1 is 1.18 bits per heavy atom. The fourth-order valence-corrected chi connectivity index (χ4v) is 3.76. The molecule has 0 aromatic heterocycles. The van der Waals surface area contributed by atoms with E-state index in [9.17, 15) is 17.6 Å². The highest BCUT2D eigenvalue weighted by molar-refractivity contribution is 7.96. The lowest BCUT2D eigenvalue weighted by Crippen LogP contribution is -2.41. The second kappa shape index (κ2) is 5.57. The third kappa shape index (κ3) is 3.04. The van der Waals surface area contributed by atoms with Crippen LogP contribution in [0.4, 0.5) is 10.1 Å². The van der Waals surface area contributed by atoms with E-state index in [0.29, 0.717) is 24.9 Å². The van der Waals surface area contributed by atoms with Gasteiger partial charge in [0.25, 0.3) is 10.0 Å². The van der Waals surface area contributed by atoms with E-state index in [2.05, 4.69) is 10.0 Å². The molecule has 2 N–H and O–H groups in total. The molecule has 116 valence electrons. The van der Waals surface area contributed by atoms with E-state index in [1.807, 2.05) is 0 Å². The van der Waals surface area contributed by atoms with Gasteiger partial charge in [-0.2, -0.15) is 0 Å². The molecule has 3 rings (SSSR count). The molecule has 0 bridgehead atoms. The first-order chi connectivity index (χ1) is 10.4. The zero-order valence-corrected chi connectivity index (χ0v) is 12.5. The van der Waals surface area contributed by atoms with Crippen molar-refractivity contribution in [3.05, 3.63) is 52.7 Å². The van der Waals surface area contributed by atoms with Gasteiger partial charge < -0.3 is 5.32 Å². The molecule has 1 aromatic rings. The highest BCUT2D eigenvalue weighted by atomic mass is 32.2. The van der Waals surface area contributed by atoms with Gasteiger partial charge in [0.2, 0.25) is 5.91 Å². The lowest BCUT2D eigenvalue weighted by atomic mass is 9.91. The largest absolute Gasteiger partial charge is 0.349 e. The Bertz CT molecular complexity index is 766. The molecule has 1 fully saturated rings. The predicted octanol–water partition coefficient (Wildman–Crippen LogP) is 2.06. The van der Waals surface area contributed by atoms with Crippen molar-refractivity contribution in [3.8, 4) is 0 Å². The number of halogens is 1. The van der Waals surface area contributed by atoms with Crippen LogP contribution in [0.1, 0.15) is 19.3 Å². The number of hydrogen-bond acceptors (Lipinski definition) is 3. The molecular weight excluding hydrogens is 307 g/mol. The van der Waals surface area contributed by atoms with E-state index in [-0.39, 0.29) is 16.9 Å². The Labute approximate surface area is 128 Å². The number of carbonyl (C=O) groups excluding carboxylic acids is 1. The molecule has 2 aliphatic rings. The van der Waals surface area contributed by atoms with Crippen molar-refractivity contribution in [3.63, 3.8) is 0 Å². The van der Waals surface area contributed by atoms with E-state index >= 15 is 0 Å². The lowest BCUT2D eigenvalue weighted by molar-refractivity contribution is -0.122. The molecule has 1 amide bonds. The van der Waals surface area contributed by atoms with Gasteiger partial charge in [-0.1, -0.05) is 6.08 Å². The van der Waals surface area contributed by atoms with Gasteiger partial charge in [0.05, 0.1) is 10.9 Å². The third-order valence-electron chi connectivity index (χ3n) is 3.71. The van der Waals surface area contributed by atoms with Crippen molar-refractivity contribution in [2.75, 3.05) is 4.72 Å². The van der Waals surface area contributed by atoms with Crippen LogP contribution in [-0.4, -0.2) is 20.4 Å². The Balaban J connectivity index is 1.80. The minimum absolute atomic E-state index is 0.00806. The van der Waals surface area contributed by atoms with Crippen LogP contribution in [0.2, 0.25) is 0 Å². The summed E-state index contributed by atoms with van der Waals surface area (Å²) in [5.41, 5.74) is 1.22. The van der Waals surface area contributed by atoms with Crippen LogP contribution in [0.15, 0.2) is 46.9 Å². The van der Waals surface area contributed by atoms with E-state index in [1.165, 1.54) is 24.3 Å². The molecule has 22 heavy (non-hydrogen) atoms. The summed E-state index contributed by atoms with van der Waals surface area (Å²) in [6, 6.07) is 5.02. The van der Waals surface area contributed by atoms with Crippen LogP contribution in [-0.2, 0) is 14.8 Å². The molecule has 1 heterocycles. The van der Waals surface area contributed by atoms with Gasteiger partial charge in [0, 0.05) is 12.1 Å². The Morgan fingerprint density at radius 2 is 1.91 bits per heavy atom. The van der Waals surface area contributed by atoms with Crippen LogP contribution in [0, 0.1) is 5.82 Å².